The maximum atomic E-state index is 12.7. The van der Waals surface area contributed by atoms with Gasteiger partial charge in [0.25, 0.3) is 5.91 Å². The summed E-state index contributed by atoms with van der Waals surface area (Å²) in [5.41, 5.74) is 1.08. The summed E-state index contributed by atoms with van der Waals surface area (Å²) in [5, 5.41) is 0. The standard InChI is InChI=1S/C19H19N5O3/c1-13-23-16(12-26-13)19(25)24-9-3-4-14(11-24)17-18(22-8-7-21-17)27-15-5-2-6-20-10-15/h2,5-8,10,12,14H,3-4,9,11H2,1H3/t14-/m0/s1. The largest absolute Gasteiger partial charge is 0.448 e. The number of amides is 1. The Morgan fingerprint density at radius 2 is 2.19 bits per heavy atom. The van der Waals surface area contributed by atoms with E-state index in [1.807, 2.05) is 6.07 Å². The highest BCUT2D eigenvalue weighted by atomic mass is 16.5. The van der Waals surface area contributed by atoms with Gasteiger partial charge in [0.2, 0.25) is 5.88 Å². The van der Waals surface area contributed by atoms with Crippen LogP contribution >= 0.6 is 0 Å². The summed E-state index contributed by atoms with van der Waals surface area (Å²) in [6.07, 6.45) is 9.73. The van der Waals surface area contributed by atoms with E-state index in [-0.39, 0.29) is 11.8 Å². The summed E-state index contributed by atoms with van der Waals surface area (Å²) in [5.74, 6) is 1.43. The zero-order valence-electron chi connectivity index (χ0n) is 14.9. The monoisotopic (exact) mass is 365 g/mol. The van der Waals surface area contributed by atoms with Crippen LogP contribution in [0, 0.1) is 6.92 Å². The third-order valence-electron chi connectivity index (χ3n) is 4.47. The van der Waals surface area contributed by atoms with Crippen molar-refractivity contribution in [2.45, 2.75) is 25.7 Å². The summed E-state index contributed by atoms with van der Waals surface area (Å²) >= 11 is 0. The summed E-state index contributed by atoms with van der Waals surface area (Å²) < 4.78 is 11.0. The minimum absolute atomic E-state index is 0.0380. The number of carbonyl (C=O) groups is 1. The Kier molecular flexibility index (Phi) is 4.78. The minimum Gasteiger partial charge on any atom is -0.448 e. The van der Waals surface area contributed by atoms with Crippen LogP contribution < -0.4 is 4.74 Å². The molecule has 1 aliphatic rings. The normalized spacial score (nSPS) is 16.9. The molecule has 0 spiro atoms. The fourth-order valence-electron chi connectivity index (χ4n) is 3.22. The molecule has 1 fully saturated rings. The van der Waals surface area contributed by atoms with Gasteiger partial charge in [0, 0.05) is 44.5 Å². The van der Waals surface area contributed by atoms with E-state index in [1.165, 1.54) is 6.26 Å². The smallest absolute Gasteiger partial charge is 0.275 e. The van der Waals surface area contributed by atoms with E-state index >= 15 is 0 Å². The average Bonchev–Trinajstić information content (AvgIpc) is 3.15. The van der Waals surface area contributed by atoms with Crippen LogP contribution in [0.1, 0.15) is 40.8 Å². The van der Waals surface area contributed by atoms with Crippen molar-refractivity contribution in [2.24, 2.45) is 0 Å². The summed E-state index contributed by atoms with van der Waals surface area (Å²) in [4.78, 5) is 31.5. The Morgan fingerprint density at radius 3 is 2.96 bits per heavy atom. The van der Waals surface area contributed by atoms with Crippen molar-refractivity contribution >= 4 is 5.91 Å². The molecule has 0 bridgehead atoms. The second kappa shape index (κ2) is 7.53. The molecule has 0 saturated carbocycles. The molecule has 4 rings (SSSR count). The van der Waals surface area contributed by atoms with Crippen LogP contribution in [0.3, 0.4) is 0 Å². The zero-order chi connectivity index (χ0) is 18.6. The lowest BCUT2D eigenvalue weighted by molar-refractivity contribution is 0.0698. The van der Waals surface area contributed by atoms with Crippen molar-refractivity contribution in [2.75, 3.05) is 13.1 Å². The van der Waals surface area contributed by atoms with Crippen LogP contribution in [-0.2, 0) is 0 Å². The molecule has 0 aromatic carbocycles. The van der Waals surface area contributed by atoms with Gasteiger partial charge in [-0.3, -0.25) is 14.8 Å². The van der Waals surface area contributed by atoms with Gasteiger partial charge < -0.3 is 14.1 Å². The minimum atomic E-state index is -0.129. The lowest BCUT2D eigenvalue weighted by Gasteiger charge is -2.32. The molecule has 8 heteroatoms. The van der Waals surface area contributed by atoms with Gasteiger partial charge >= 0.3 is 0 Å². The second-order valence-corrected chi connectivity index (χ2v) is 6.38. The summed E-state index contributed by atoms with van der Waals surface area (Å²) in [7, 11) is 0. The van der Waals surface area contributed by atoms with Gasteiger partial charge in [0.05, 0.1) is 6.20 Å². The molecule has 8 nitrogen and oxygen atoms in total. The molecular formula is C19H19N5O3. The average molecular weight is 365 g/mol. The summed E-state index contributed by atoms with van der Waals surface area (Å²) in [6.45, 7) is 2.94. The predicted octanol–water partition coefficient (Wildman–Crippen LogP) is 2.98. The third kappa shape index (κ3) is 3.79. The molecular weight excluding hydrogens is 346 g/mol. The van der Waals surface area contributed by atoms with Gasteiger partial charge in [-0.25, -0.2) is 9.97 Å². The van der Waals surface area contributed by atoms with Gasteiger partial charge in [0.15, 0.2) is 11.6 Å². The van der Waals surface area contributed by atoms with Gasteiger partial charge in [-0.15, -0.1) is 0 Å². The van der Waals surface area contributed by atoms with Crippen molar-refractivity contribution in [3.8, 4) is 11.6 Å². The number of aromatic nitrogens is 4. The molecule has 0 unspecified atom stereocenters. The molecule has 1 amide bonds. The Hall–Kier alpha value is -3.29. The van der Waals surface area contributed by atoms with E-state index in [9.17, 15) is 4.79 Å². The molecule has 0 radical (unpaired) electrons. The molecule has 4 heterocycles. The number of nitrogens with zero attached hydrogens (tertiary/aromatic N) is 5. The molecule has 27 heavy (non-hydrogen) atoms. The SMILES string of the molecule is Cc1nc(C(=O)N2CCC[C@H](c3nccnc3Oc3cccnc3)C2)co1. The first kappa shape index (κ1) is 17.1. The van der Waals surface area contributed by atoms with E-state index < -0.39 is 0 Å². The predicted molar refractivity (Wildman–Crippen MR) is 95.5 cm³/mol. The number of aryl methyl sites for hydroxylation is 1. The Labute approximate surface area is 156 Å². The second-order valence-electron chi connectivity index (χ2n) is 6.38. The molecule has 138 valence electrons. The zero-order valence-corrected chi connectivity index (χ0v) is 14.9. The van der Waals surface area contributed by atoms with Crippen LogP contribution in [0.5, 0.6) is 11.6 Å². The molecule has 1 aliphatic heterocycles. The summed E-state index contributed by atoms with van der Waals surface area (Å²) in [6, 6.07) is 3.61. The number of hydrogen-bond donors (Lipinski definition) is 0. The fourth-order valence-corrected chi connectivity index (χ4v) is 3.22. The molecule has 0 N–H and O–H groups in total. The van der Waals surface area contributed by atoms with Crippen LogP contribution in [-0.4, -0.2) is 43.8 Å². The van der Waals surface area contributed by atoms with E-state index in [2.05, 4.69) is 19.9 Å². The molecule has 0 aliphatic carbocycles. The van der Waals surface area contributed by atoms with Crippen molar-refractivity contribution in [3.63, 3.8) is 0 Å². The molecule has 3 aromatic rings. The first-order valence-electron chi connectivity index (χ1n) is 8.81. The molecule has 1 saturated heterocycles. The van der Waals surface area contributed by atoms with Crippen molar-refractivity contribution < 1.29 is 13.9 Å². The number of oxazole rings is 1. The number of hydrogen-bond acceptors (Lipinski definition) is 7. The van der Waals surface area contributed by atoms with Crippen LogP contribution in [0.25, 0.3) is 0 Å². The van der Waals surface area contributed by atoms with Crippen LogP contribution in [0.15, 0.2) is 47.6 Å². The van der Waals surface area contributed by atoms with Crippen molar-refractivity contribution in [1.82, 2.24) is 24.8 Å². The first-order chi connectivity index (χ1) is 13.2. The Balaban J connectivity index is 1.54. The van der Waals surface area contributed by atoms with Crippen molar-refractivity contribution in [3.05, 3.63) is 60.5 Å². The van der Waals surface area contributed by atoms with E-state index in [1.54, 1.807) is 42.7 Å². The maximum Gasteiger partial charge on any atom is 0.275 e. The first-order valence-corrected chi connectivity index (χ1v) is 8.81. The van der Waals surface area contributed by atoms with E-state index in [0.29, 0.717) is 36.3 Å². The molecule has 1 atom stereocenters. The van der Waals surface area contributed by atoms with E-state index in [4.69, 9.17) is 9.15 Å². The number of piperidine rings is 1. The number of likely N-dealkylation sites (tertiary alicyclic amines) is 1. The van der Waals surface area contributed by atoms with Crippen molar-refractivity contribution in [1.29, 1.82) is 0 Å². The highest BCUT2D eigenvalue weighted by Crippen LogP contribution is 2.32. The van der Waals surface area contributed by atoms with Gasteiger partial charge in [0.1, 0.15) is 17.7 Å². The van der Waals surface area contributed by atoms with Gasteiger partial charge in [-0.05, 0) is 25.0 Å². The number of carbonyl (C=O) groups excluding carboxylic acids is 1. The number of ether oxygens (including phenoxy) is 1. The lowest BCUT2D eigenvalue weighted by Crippen LogP contribution is -2.39. The molecule has 3 aromatic heterocycles. The maximum absolute atomic E-state index is 12.7. The Bertz CT molecular complexity index is 928. The number of pyridine rings is 1. The number of rotatable bonds is 4. The third-order valence-corrected chi connectivity index (χ3v) is 4.47. The highest BCUT2D eigenvalue weighted by Gasteiger charge is 2.30. The van der Waals surface area contributed by atoms with Gasteiger partial charge in [-0.1, -0.05) is 0 Å². The van der Waals surface area contributed by atoms with Crippen LogP contribution in [0.2, 0.25) is 0 Å². The quantitative estimate of drug-likeness (QED) is 0.701. The van der Waals surface area contributed by atoms with Gasteiger partial charge in [-0.2, -0.15) is 0 Å². The van der Waals surface area contributed by atoms with E-state index in [0.717, 1.165) is 18.5 Å². The fraction of sp³-hybridized carbons (Fsp3) is 0.316. The van der Waals surface area contributed by atoms with Crippen LogP contribution in [0.4, 0.5) is 0 Å². The topological polar surface area (TPSA) is 94.2 Å². The lowest BCUT2D eigenvalue weighted by atomic mass is 9.94. The highest BCUT2D eigenvalue weighted by molar-refractivity contribution is 5.92. The Morgan fingerprint density at radius 1 is 1.30 bits per heavy atom.